The summed E-state index contributed by atoms with van der Waals surface area (Å²) in [6.07, 6.45) is 0. The van der Waals surface area contributed by atoms with E-state index >= 15 is 0 Å². The monoisotopic (exact) mass is 263 g/mol. The Labute approximate surface area is 110 Å². The number of nitrogens with one attached hydrogen (secondary N) is 1. The van der Waals surface area contributed by atoms with Gasteiger partial charge in [0.05, 0.1) is 7.11 Å². The van der Waals surface area contributed by atoms with Gasteiger partial charge in [-0.3, -0.25) is 0 Å². The van der Waals surface area contributed by atoms with Crippen LogP contribution in [0.25, 0.3) is 0 Å². The van der Waals surface area contributed by atoms with Crippen LogP contribution in [0.5, 0.6) is 6.01 Å². The molecule has 0 unspecified atom stereocenters. The lowest BCUT2D eigenvalue weighted by Crippen LogP contribution is -2.15. The van der Waals surface area contributed by atoms with Crippen molar-refractivity contribution < 1.29 is 9.13 Å². The SMILES string of the molecule is CNc1nc(OC)nc(N(C)c2cccc(F)c2)n1. The third kappa shape index (κ3) is 2.87. The van der Waals surface area contributed by atoms with Gasteiger partial charge in [0.25, 0.3) is 0 Å². The van der Waals surface area contributed by atoms with Gasteiger partial charge < -0.3 is 15.0 Å². The maximum absolute atomic E-state index is 13.2. The van der Waals surface area contributed by atoms with Gasteiger partial charge in [0.2, 0.25) is 11.9 Å². The van der Waals surface area contributed by atoms with Crippen molar-refractivity contribution in [1.29, 1.82) is 0 Å². The molecule has 19 heavy (non-hydrogen) atoms. The maximum atomic E-state index is 13.2. The van der Waals surface area contributed by atoms with E-state index in [0.717, 1.165) is 0 Å². The second-order valence-corrected chi connectivity index (χ2v) is 3.73. The fraction of sp³-hybridized carbons (Fsp3) is 0.250. The molecule has 0 amide bonds. The van der Waals surface area contributed by atoms with Crippen molar-refractivity contribution >= 4 is 17.6 Å². The number of hydrogen-bond acceptors (Lipinski definition) is 6. The molecule has 1 aromatic heterocycles. The molecule has 2 aromatic rings. The molecule has 0 atom stereocenters. The van der Waals surface area contributed by atoms with Crippen molar-refractivity contribution in [3.8, 4) is 6.01 Å². The molecule has 100 valence electrons. The van der Waals surface area contributed by atoms with Crippen molar-refractivity contribution in [3.63, 3.8) is 0 Å². The molecule has 0 aliphatic rings. The molecule has 0 saturated heterocycles. The summed E-state index contributed by atoms with van der Waals surface area (Å²) in [4.78, 5) is 14.0. The third-order valence-electron chi connectivity index (χ3n) is 2.50. The van der Waals surface area contributed by atoms with Crippen LogP contribution < -0.4 is 15.0 Å². The zero-order valence-electron chi connectivity index (χ0n) is 10.9. The quantitative estimate of drug-likeness (QED) is 0.908. The van der Waals surface area contributed by atoms with Crippen LogP contribution in [-0.4, -0.2) is 36.2 Å². The molecule has 0 aliphatic carbocycles. The predicted molar refractivity (Wildman–Crippen MR) is 70.4 cm³/mol. The molecular formula is C12H14FN5O. The highest BCUT2D eigenvalue weighted by Gasteiger charge is 2.12. The normalized spacial score (nSPS) is 10.1. The summed E-state index contributed by atoms with van der Waals surface area (Å²) in [5, 5.41) is 2.82. The molecule has 0 spiro atoms. The lowest BCUT2D eigenvalue weighted by Gasteiger charge is -2.17. The molecule has 2 rings (SSSR count). The van der Waals surface area contributed by atoms with Crippen LogP contribution in [0.4, 0.5) is 22.0 Å². The van der Waals surface area contributed by atoms with Crippen LogP contribution in [-0.2, 0) is 0 Å². The number of rotatable bonds is 4. The van der Waals surface area contributed by atoms with Crippen LogP contribution in [0.3, 0.4) is 0 Å². The maximum Gasteiger partial charge on any atom is 0.322 e. The average Bonchev–Trinajstić information content (AvgIpc) is 2.45. The lowest BCUT2D eigenvalue weighted by molar-refractivity contribution is 0.379. The van der Waals surface area contributed by atoms with Gasteiger partial charge in [-0.05, 0) is 18.2 Å². The standard InChI is InChI=1S/C12H14FN5O/c1-14-10-15-11(17-12(16-10)19-3)18(2)9-6-4-5-8(13)7-9/h4-7H,1-3H3,(H,14,15,16,17). The summed E-state index contributed by atoms with van der Waals surface area (Å²) in [6.45, 7) is 0. The Kier molecular flexibility index (Phi) is 3.74. The predicted octanol–water partition coefficient (Wildman–Crippen LogP) is 1.83. The van der Waals surface area contributed by atoms with E-state index in [9.17, 15) is 4.39 Å². The van der Waals surface area contributed by atoms with E-state index in [0.29, 0.717) is 17.6 Å². The van der Waals surface area contributed by atoms with E-state index in [-0.39, 0.29) is 11.8 Å². The van der Waals surface area contributed by atoms with Crippen LogP contribution in [0.2, 0.25) is 0 Å². The highest BCUT2D eigenvalue weighted by Crippen LogP contribution is 2.22. The first-order chi connectivity index (χ1) is 9.13. The molecule has 0 aliphatic heterocycles. The molecule has 1 N–H and O–H groups in total. The molecule has 6 nitrogen and oxygen atoms in total. The highest BCUT2D eigenvalue weighted by molar-refractivity contribution is 5.57. The van der Waals surface area contributed by atoms with Gasteiger partial charge in [-0.2, -0.15) is 15.0 Å². The second kappa shape index (κ2) is 5.47. The zero-order chi connectivity index (χ0) is 13.8. The van der Waals surface area contributed by atoms with Crippen molar-refractivity contribution in [2.24, 2.45) is 0 Å². The Morgan fingerprint density at radius 3 is 2.68 bits per heavy atom. The zero-order valence-corrected chi connectivity index (χ0v) is 10.9. The smallest absolute Gasteiger partial charge is 0.322 e. The van der Waals surface area contributed by atoms with Gasteiger partial charge in [0.15, 0.2) is 0 Å². The third-order valence-corrected chi connectivity index (χ3v) is 2.50. The number of ether oxygens (including phenoxy) is 1. The van der Waals surface area contributed by atoms with E-state index in [1.807, 2.05) is 0 Å². The average molecular weight is 263 g/mol. The number of methoxy groups -OCH3 is 1. The molecule has 7 heteroatoms. The van der Waals surface area contributed by atoms with Crippen molar-refractivity contribution in [1.82, 2.24) is 15.0 Å². The number of halogens is 1. The molecular weight excluding hydrogens is 249 g/mol. The lowest BCUT2D eigenvalue weighted by atomic mass is 10.3. The largest absolute Gasteiger partial charge is 0.467 e. The first kappa shape index (κ1) is 13.0. The Bertz CT molecular complexity index is 556. The summed E-state index contributed by atoms with van der Waals surface area (Å²) in [5.41, 5.74) is 0.635. The van der Waals surface area contributed by atoms with Gasteiger partial charge in [0, 0.05) is 19.8 Å². The van der Waals surface area contributed by atoms with Crippen LogP contribution in [0, 0.1) is 5.82 Å². The number of nitrogens with zero attached hydrogens (tertiary/aromatic N) is 4. The van der Waals surface area contributed by atoms with Gasteiger partial charge in [-0.1, -0.05) is 6.07 Å². The minimum atomic E-state index is -0.320. The van der Waals surface area contributed by atoms with Crippen LogP contribution in [0.15, 0.2) is 24.3 Å². The van der Waals surface area contributed by atoms with Crippen LogP contribution in [0.1, 0.15) is 0 Å². The minimum Gasteiger partial charge on any atom is -0.467 e. The van der Waals surface area contributed by atoms with Gasteiger partial charge >= 0.3 is 6.01 Å². The summed E-state index contributed by atoms with van der Waals surface area (Å²) < 4.78 is 18.2. The molecule has 0 saturated carbocycles. The summed E-state index contributed by atoms with van der Waals surface area (Å²) in [5.74, 6) is 0.422. The van der Waals surface area contributed by atoms with Crippen molar-refractivity contribution in [2.75, 3.05) is 31.4 Å². The Balaban J connectivity index is 2.40. The summed E-state index contributed by atoms with van der Waals surface area (Å²) in [7, 11) is 4.91. The van der Waals surface area contributed by atoms with Gasteiger partial charge in [-0.25, -0.2) is 4.39 Å². The van der Waals surface area contributed by atoms with E-state index in [2.05, 4.69) is 20.3 Å². The molecule has 0 fully saturated rings. The number of hydrogen-bond donors (Lipinski definition) is 1. The fourth-order valence-electron chi connectivity index (χ4n) is 1.50. The summed E-state index contributed by atoms with van der Waals surface area (Å²) >= 11 is 0. The number of aromatic nitrogens is 3. The molecule has 1 aromatic carbocycles. The summed E-state index contributed by atoms with van der Waals surface area (Å²) in [6, 6.07) is 6.36. The fourth-order valence-corrected chi connectivity index (χ4v) is 1.50. The second-order valence-electron chi connectivity index (χ2n) is 3.73. The van der Waals surface area contributed by atoms with Crippen molar-refractivity contribution in [2.45, 2.75) is 0 Å². The number of anilines is 3. The first-order valence-electron chi connectivity index (χ1n) is 5.61. The Morgan fingerprint density at radius 1 is 1.26 bits per heavy atom. The molecule has 0 bridgehead atoms. The van der Waals surface area contributed by atoms with Crippen LogP contribution >= 0.6 is 0 Å². The van der Waals surface area contributed by atoms with Gasteiger partial charge in [0.1, 0.15) is 5.82 Å². The number of benzene rings is 1. The minimum absolute atomic E-state index is 0.192. The van der Waals surface area contributed by atoms with E-state index in [1.165, 1.54) is 19.2 Å². The highest BCUT2D eigenvalue weighted by atomic mass is 19.1. The topological polar surface area (TPSA) is 63.2 Å². The Hall–Kier alpha value is -2.44. The van der Waals surface area contributed by atoms with E-state index in [1.54, 1.807) is 31.1 Å². The van der Waals surface area contributed by atoms with Gasteiger partial charge in [-0.15, -0.1) is 0 Å². The van der Waals surface area contributed by atoms with E-state index in [4.69, 9.17) is 4.74 Å². The molecule has 1 heterocycles. The first-order valence-corrected chi connectivity index (χ1v) is 5.61. The van der Waals surface area contributed by atoms with E-state index < -0.39 is 0 Å². The Morgan fingerprint density at radius 2 is 2.05 bits per heavy atom. The van der Waals surface area contributed by atoms with Crippen molar-refractivity contribution in [3.05, 3.63) is 30.1 Å². The molecule has 0 radical (unpaired) electrons.